The van der Waals surface area contributed by atoms with Gasteiger partial charge in [-0.1, -0.05) is 6.42 Å². The van der Waals surface area contributed by atoms with Crippen LogP contribution in [0.25, 0.3) is 0 Å². The maximum atomic E-state index is 13.1. The van der Waals surface area contributed by atoms with Gasteiger partial charge in [-0.2, -0.15) is 4.31 Å². The second kappa shape index (κ2) is 9.02. The van der Waals surface area contributed by atoms with Crippen LogP contribution in [0.15, 0.2) is 23.1 Å². The molecule has 1 amide bonds. The molecule has 1 unspecified atom stereocenters. The van der Waals surface area contributed by atoms with Gasteiger partial charge in [0.15, 0.2) is 0 Å². The van der Waals surface area contributed by atoms with Gasteiger partial charge in [0.25, 0.3) is 5.91 Å². The molecular weight excluding hydrogens is 390 g/mol. The van der Waals surface area contributed by atoms with Gasteiger partial charge in [-0.15, -0.1) is 0 Å². The molecule has 0 spiro atoms. The van der Waals surface area contributed by atoms with Crippen molar-refractivity contribution in [3.8, 4) is 0 Å². The lowest BCUT2D eigenvalue weighted by Crippen LogP contribution is -2.36. The molecule has 0 aliphatic carbocycles. The first-order valence-electron chi connectivity index (χ1n) is 10.8. The largest absolute Gasteiger partial charge is 0.376 e. The van der Waals surface area contributed by atoms with E-state index >= 15 is 0 Å². The molecule has 8 heteroatoms. The molecule has 3 aliphatic rings. The van der Waals surface area contributed by atoms with Crippen LogP contribution in [0.2, 0.25) is 0 Å². The number of sulfonamides is 1. The van der Waals surface area contributed by atoms with E-state index in [0.29, 0.717) is 25.2 Å². The number of nitrogens with zero attached hydrogens (tertiary/aromatic N) is 2. The number of hydrogen-bond donors (Lipinski definition) is 1. The molecule has 1 atom stereocenters. The van der Waals surface area contributed by atoms with Crippen LogP contribution in [-0.4, -0.2) is 64.1 Å². The van der Waals surface area contributed by atoms with Gasteiger partial charge in [0, 0.05) is 45.0 Å². The van der Waals surface area contributed by atoms with Crippen molar-refractivity contribution in [3.05, 3.63) is 23.8 Å². The molecular formula is C21H31N3O4S. The third-order valence-electron chi connectivity index (χ3n) is 6.13. The minimum atomic E-state index is -3.58. The average Bonchev–Trinajstić information content (AvgIpc) is 3.46. The zero-order chi connectivity index (χ0) is 20.3. The molecule has 3 saturated heterocycles. The molecule has 1 N–H and O–H groups in total. The molecule has 0 bridgehead atoms. The first-order valence-corrected chi connectivity index (χ1v) is 12.3. The molecule has 1 aromatic rings. The van der Waals surface area contributed by atoms with Crippen LogP contribution < -0.4 is 10.2 Å². The van der Waals surface area contributed by atoms with Gasteiger partial charge in [-0.05, 0) is 56.7 Å². The highest BCUT2D eigenvalue weighted by Crippen LogP contribution is 2.29. The van der Waals surface area contributed by atoms with Gasteiger partial charge < -0.3 is 15.0 Å². The SMILES string of the molecule is O=C(NCC1CCCO1)c1cc(S(=O)(=O)N2CCCCC2)ccc1N1CCCC1. The Morgan fingerprint density at radius 1 is 1.03 bits per heavy atom. The molecule has 4 rings (SSSR count). The summed E-state index contributed by atoms with van der Waals surface area (Å²) in [4.78, 5) is 15.4. The van der Waals surface area contributed by atoms with Crippen molar-refractivity contribution in [1.29, 1.82) is 0 Å². The fraction of sp³-hybridized carbons (Fsp3) is 0.667. The van der Waals surface area contributed by atoms with Crippen LogP contribution in [0.3, 0.4) is 0 Å². The second-order valence-corrected chi connectivity index (χ2v) is 10.1. The van der Waals surface area contributed by atoms with E-state index in [9.17, 15) is 13.2 Å². The molecule has 29 heavy (non-hydrogen) atoms. The van der Waals surface area contributed by atoms with E-state index in [0.717, 1.165) is 70.3 Å². The average molecular weight is 422 g/mol. The summed E-state index contributed by atoms with van der Waals surface area (Å²) >= 11 is 0. The van der Waals surface area contributed by atoms with Gasteiger partial charge >= 0.3 is 0 Å². The summed E-state index contributed by atoms with van der Waals surface area (Å²) in [6.07, 6.45) is 7.03. The highest BCUT2D eigenvalue weighted by atomic mass is 32.2. The number of anilines is 1. The molecule has 0 saturated carbocycles. The number of piperidine rings is 1. The summed E-state index contributed by atoms with van der Waals surface area (Å²) in [5, 5.41) is 2.96. The minimum absolute atomic E-state index is 0.0504. The lowest BCUT2D eigenvalue weighted by Gasteiger charge is -2.27. The molecule has 3 aliphatic heterocycles. The fourth-order valence-corrected chi connectivity index (χ4v) is 6.00. The summed E-state index contributed by atoms with van der Waals surface area (Å²) in [6.45, 7) is 4.09. The van der Waals surface area contributed by atoms with Crippen molar-refractivity contribution in [1.82, 2.24) is 9.62 Å². The first-order chi connectivity index (χ1) is 14.1. The molecule has 3 heterocycles. The van der Waals surface area contributed by atoms with E-state index in [4.69, 9.17) is 4.74 Å². The number of benzene rings is 1. The van der Waals surface area contributed by atoms with Gasteiger partial charge in [0.1, 0.15) is 0 Å². The predicted octanol–water partition coefficient (Wildman–Crippen LogP) is 2.37. The summed E-state index contributed by atoms with van der Waals surface area (Å²) in [5.74, 6) is -0.224. The van der Waals surface area contributed by atoms with E-state index in [-0.39, 0.29) is 16.9 Å². The van der Waals surface area contributed by atoms with Crippen LogP contribution >= 0.6 is 0 Å². The van der Waals surface area contributed by atoms with Crippen LogP contribution in [0.1, 0.15) is 55.3 Å². The molecule has 3 fully saturated rings. The number of hydrogen-bond acceptors (Lipinski definition) is 5. The summed E-state index contributed by atoms with van der Waals surface area (Å²) in [6, 6.07) is 5.04. The third-order valence-corrected chi connectivity index (χ3v) is 8.02. The molecule has 1 aromatic carbocycles. The number of nitrogens with one attached hydrogen (secondary N) is 1. The van der Waals surface area contributed by atoms with Crippen LogP contribution in [0.4, 0.5) is 5.69 Å². The summed E-state index contributed by atoms with van der Waals surface area (Å²) in [7, 11) is -3.58. The maximum absolute atomic E-state index is 13.1. The zero-order valence-corrected chi connectivity index (χ0v) is 17.8. The Labute approximate surface area is 173 Å². The summed E-state index contributed by atoms with van der Waals surface area (Å²) < 4.78 is 33.4. The van der Waals surface area contributed by atoms with Gasteiger partial charge in [0.2, 0.25) is 10.0 Å². The Morgan fingerprint density at radius 3 is 2.45 bits per heavy atom. The molecule has 0 aromatic heterocycles. The number of rotatable bonds is 6. The Bertz CT molecular complexity index is 824. The maximum Gasteiger partial charge on any atom is 0.253 e. The lowest BCUT2D eigenvalue weighted by atomic mass is 10.1. The van der Waals surface area contributed by atoms with Gasteiger partial charge in [-0.25, -0.2) is 8.42 Å². The molecule has 160 valence electrons. The Hall–Kier alpha value is -1.64. The lowest BCUT2D eigenvalue weighted by molar-refractivity contribution is 0.0858. The quantitative estimate of drug-likeness (QED) is 0.763. The van der Waals surface area contributed by atoms with Crippen molar-refractivity contribution < 1.29 is 17.9 Å². The summed E-state index contributed by atoms with van der Waals surface area (Å²) in [5.41, 5.74) is 1.27. The highest BCUT2D eigenvalue weighted by Gasteiger charge is 2.29. The third kappa shape index (κ3) is 4.59. The van der Waals surface area contributed by atoms with E-state index in [1.807, 2.05) is 6.07 Å². The van der Waals surface area contributed by atoms with Crippen LogP contribution in [0.5, 0.6) is 0 Å². The van der Waals surface area contributed by atoms with Crippen LogP contribution in [-0.2, 0) is 14.8 Å². The zero-order valence-electron chi connectivity index (χ0n) is 16.9. The van der Waals surface area contributed by atoms with E-state index in [2.05, 4.69) is 10.2 Å². The number of carbonyl (C=O) groups excluding carboxylic acids is 1. The molecule has 7 nitrogen and oxygen atoms in total. The van der Waals surface area contributed by atoms with Gasteiger partial charge in [-0.3, -0.25) is 4.79 Å². The van der Waals surface area contributed by atoms with Crippen LogP contribution in [0, 0.1) is 0 Å². The van der Waals surface area contributed by atoms with Crippen molar-refractivity contribution >= 4 is 21.6 Å². The van der Waals surface area contributed by atoms with Gasteiger partial charge in [0.05, 0.1) is 16.6 Å². The van der Waals surface area contributed by atoms with Crippen molar-refractivity contribution in [2.75, 3.05) is 44.2 Å². The number of ether oxygens (including phenoxy) is 1. The van der Waals surface area contributed by atoms with Crippen molar-refractivity contribution in [2.45, 2.75) is 55.9 Å². The second-order valence-electron chi connectivity index (χ2n) is 8.18. The van der Waals surface area contributed by atoms with E-state index < -0.39 is 10.0 Å². The normalized spacial score (nSPS) is 23.4. The Morgan fingerprint density at radius 2 is 1.76 bits per heavy atom. The van der Waals surface area contributed by atoms with Crippen molar-refractivity contribution in [2.24, 2.45) is 0 Å². The van der Waals surface area contributed by atoms with E-state index in [1.165, 1.54) is 0 Å². The highest BCUT2D eigenvalue weighted by molar-refractivity contribution is 7.89. The first kappa shape index (κ1) is 20.6. The Balaban J connectivity index is 1.60. The topological polar surface area (TPSA) is 78.9 Å². The smallest absolute Gasteiger partial charge is 0.253 e. The van der Waals surface area contributed by atoms with E-state index in [1.54, 1.807) is 16.4 Å². The van der Waals surface area contributed by atoms with Crippen molar-refractivity contribution in [3.63, 3.8) is 0 Å². The number of amides is 1. The predicted molar refractivity (Wildman–Crippen MR) is 112 cm³/mol. The number of carbonyl (C=O) groups is 1. The Kier molecular flexibility index (Phi) is 6.41. The minimum Gasteiger partial charge on any atom is -0.376 e. The fourth-order valence-electron chi connectivity index (χ4n) is 4.45. The standard InChI is InChI=1S/C21H31N3O4S/c25-21(22-16-17-7-6-14-28-17)19-15-18(8-9-20(19)23-10-4-5-11-23)29(26,27)24-12-2-1-3-13-24/h8-9,15,17H,1-7,10-14,16H2,(H,22,25). The monoisotopic (exact) mass is 421 g/mol. The molecule has 0 radical (unpaired) electrons.